The van der Waals surface area contributed by atoms with Crippen molar-refractivity contribution in [2.75, 3.05) is 14.2 Å². The summed E-state index contributed by atoms with van der Waals surface area (Å²) < 4.78 is 10.5. The zero-order valence-corrected chi connectivity index (χ0v) is 13.0. The van der Waals surface area contributed by atoms with Crippen LogP contribution in [0.5, 0.6) is 11.5 Å². The van der Waals surface area contributed by atoms with Crippen LogP contribution in [0.2, 0.25) is 0 Å². The lowest BCUT2D eigenvalue weighted by atomic mass is 9.98. The van der Waals surface area contributed by atoms with E-state index in [-0.39, 0.29) is 0 Å². The number of carboxylic acid groups (broad SMARTS) is 1. The molecule has 0 radical (unpaired) electrons. The molecule has 1 N–H and O–H groups in total. The topological polar surface area (TPSA) is 55.8 Å². The lowest BCUT2D eigenvalue weighted by Gasteiger charge is -2.13. The molecule has 0 aliphatic carbocycles. The fourth-order valence-corrected chi connectivity index (χ4v) is 2.24. The van der Waals surface area contributed by atoms with Crippen LogP contribution in [-0.4, -0.2) is 25.3 Å². The second-order valence-corrected chi connectivity index (χ2v) is 4.88. The number of methoxy groups -OCH3 is 2. The predicted molar refractivity (Wildman–Crippen MR) is 83.9 cm³/mol. The Balaban J connectivity index is 3.00. The summed E-state index contributed by atoms with van der Waals surface area (Å²) in [5.41, 5.74) is 1.61. The number of aliphatic carboxylic acids is 1. The van der Waals surface area contributed by atoms with Crippen molar-refractivity contribution in [3.8, 4) is 11.5 Å². The van der Waals surface area contributed by atoms with Gasteiger partial charge >= 0.3 is 5.97 Å². The van der Waals surface area contributed by atoms with Crippen LogP contribution in [-0.2, 0) is 4.79 Å². The van der Waals surface area contributed by atoms with Gasteiger partial charge in [0.15, 0.2) is 0 Å². The maximum absolute atomic E-state index is 11.1. The number of ether oxygens (including phenoxy) is 2. The third-order valence-corrected chi connectivity index (χ3v) is 3.35. The van der Waals surface area contributed by atoms with E-state index in [9.17, 15) is 4.79 Å². The fourth-order valence-electron chi connectivity index (χ4n) is 2.24. The van der Waals surface area contributed by atoms with Crippen LogP contribution < -0.4 is 9.47 Å². The van der Waals surface area contributed by atoms with Gasteiger partial charge < -0.3 is 14.6 Å². The van der Waals surface area contributed by atoms with E-state index >= 15 is 0 Å². The molecule has 0 atom stereocenters. The molecule has 0 aliphatic rings. The monoisotopic (exact) mass is 292 g/mol. The van der Waals surface area contributed by atoms with Crippen molar-refractivity contribution in [3.63, 3.8) is 0 Å². The zero-order valence-electron chi connectivity index (χ0n) is 13.0. The maximum Gasteiger partial charge on any atom is 0.328 e. The SMILES string of the molecule is CCCCCC/C(=C/C(=O)O)c1ccc(OC)cc1OC. The Morgan fingerprint density at radius 1 is 1.19 bits per heavy atom. The van der Waals surface area contributed by atoms with E-state index in [1.807, 2.05) is 12.1 Å². The van der Waals surface area contributed by atoms with Crippen LogP contribution in [0.15, 0.2) is 24.3 Å². The number of hydrogen-bond donors (Lipinski definition) is 1. The van der Waals surface area contributed by atoms with Crippen molar-refractivity contribution >= 4 is 11.5 Å². The summed E-state index contributed by atoms with van der Waals surface area (Å²) in [5, 5.41) is 9.07. The van der Waals surface area contributed by atoms with Crippen molar-refractivity contribution in [3.05, 3.63) is 29.8 Å². The van der Waals surface area contributed by atoms with Gasteiger partial charge in [-0.15, -0.1) is 0 Å². The number of benzene rings is 1. The van der Waals surface area contributed by atoms with E-state index in [1.165, 1.54) is 12.5 Å². The van der Waals surface area contributed by atoms with Crippen LogP contribution in [0.3, 0.4) is 0 Å². The average molecular weight is 292 g/mol. The van der Waals surface area contributed by atoms with Crippen molar-refractivity contribution in [1.82, 2.24) is 0 Å². The molecule has 0 fully saturated rings. The highest BCUT2D eigenvalue weighted by Crippen LogP contribution is 2.32. The van der Waals surface area contributed by atoms with Gasteiger partial charge in [0.25, 0.3) is 0 Å². The summed E-state index contributed by atoms with van der Waals surface area (Å²) in [6.07, 6.45) is 6.41. The number of carboxylic acids is 1. The second-order valence-electron chi connectivity index (χ2n) is 4.88. The van der Waals surface area contributed by atoms with Crippen molar-refractivity contribution < 1.29 is 19.4 Å². The molecule has 1 aromatic rings. The van der Waals surface area contributed by atoms with E-state index < -0.39 is 5.97 Å². The van der Waals surface area contributed by atoms with Crippen molar-refractivity contribution in [2.24, 2.45) is 0 Å². The summed E-state index contributed by atoms with van der Waals surface area (Å²) in [5.74, 6) is 0.395. The van der Waals surface area contributed by atoms with Gasteiger partial charge in [0, 0.05) is 17.7 Å². The largest absolute Gasteiger partial charge is 0.497 e. The average Bonchev–Trinajstić information content (AvgIpc) is 2.49. The van der Waals surface area contributed by atoms with Gasteiger partial charge in [0.05, 0.1) is 14.2 Å². The second kappa shape index (κ2) is 9.06. The Labute approximate surface area is 126 Å². The molecule has 1 aromatic carbocycles. The summed E-state index contributed by atoms with van der Waals surface area (Å²) in [7, 11) is 3.17. The van der Waals surface area contributed by atoms with E-state index in [1.54, 1.807) is 20.3 Å². The lowest BCUT2D eigenvalue weighted by molar-refractivity contribution is -0.131. The Bertz CT molecular complexity index is 492. The first-order chi connectivity index (χ1) is 10.1. The summed E-state index contributed by atoms with van der Waals surface area (Å²) in [6.45, 7) is 2.15. The first-order valence-electron chi connectivity index (χ1n) is 7.28. The molecule has 0 amide bonds. The summed E-state index contributed by atoms with van der Waals surface area (Å²) >= 11 is 0. The van der Waals surface area contributed by atoms with Crippen molar-refractivity contribution in [2.45, 2.75) is 39.0 Å². The normalized spacial score (nSPS) is 11.3. The van der Waals surface area contributed by atoms with Crippen LogP contribution in [0.25, 0.3) is 5.57 Å². The number of carbonyl (C=O) groups is 1. The molecule has 1 rings (SSSR count). The van der Waals surface area contributed by atoms with Crippen LogP contribution in [0.4, 0.5) is 0 Å². The number of allylic oxidation sites excluding steroid dienone is 1. The molecule has 116 valence electrons. The van der Waals surface area contributed by atoms with Gasteiger partial charge in [-0.1, -0.05) is 26.2 Å². The highest BCUT2D eigenvalue weighted by Gasteiger charge is 2.11. The molecule has 4 heteroatoms. The first-order valence-corrected chi connectivity index (χ1v) is 7.28. The highest BCUT2D eigenvalue weighted by atomic mass is 16.5. The molecular weight excluding hydrogens is 268 g/mol. The zero-order chi connectivity index (χ0) is 15.7. The smallest absolute Gasteiger partial charge is 0.328 e. The molecule has 0 aromatic heterocycles. The molecule has 0 spiro atoms. The lowest BCUT2D eigenvalue weighted by Crippen LogP contribution is -1.97. The van der Waals surface area contributed by atoms with Crippen LogP contribution in [0.1, 0.15) is 44.6 Å². The van der Waals surface area contributed by atoms with Gasteiger partial charge in [0.2, 0.25) is 0 Å². The van der Waals surface area contributed by atoms with E-state index in [0.717, 1.165) is 36.8 Å². The van der Waals surface area contributed by atoms with Gasteiger partial charge in [-0.3, -0.25) is 0 Å². The van der Waals surface area contributed by atoms with Crippen LogP contribution >= 0.6 is 0 Å². The molecule has 0 unspecified atom stereocenters. The summed E-state index contributed by atoms with van der Waals surface area (Å²) in [4.78, 5) is 11.1. The fraction of sp³-hybridized carbons (Fsp3) is 0.471. The molecule has 4 nitrogen and oxygen atoms in total. The standard InChI is InChI=1S/C17H24O4/c1-4-5-6-7-8-13(11-17(18)19)15-10-9-14(20-2)12-16(15)21-3/h9-12H,4-8H2,1-3H3,(H,18,19)/b13-11-. The van der Waals surface area contributed by atoms with Gasteiger partial charge in [0.1, 0.15) is 11.5 Å². The Kier molecular flexibility index (Phi) is 7.37. The van der Waals surface area contributed by atoms with E-state index in [0.29, 0.717) is 11.5 Å². The molecule has 0 saturated heterocycles. The Morgan fingerprint density at radius 2 is 1.95 bits per heavy atom. The summed E-state index contributed by atoms with van der Waals surface area (Å²) in [6, 6.07) is 5.45. The Morgan fingerprint density at radius 3 is 2.52 bits per heavy atom. The minimum atomic E-state index is -0.932. The van der Waals surface area contributed by atoms with E-state index in [2.05, 4.69) is 6.92 Å². The molecule has 0 bridgehead atoms. The minimum Gasteiger partial charge on any atom is -0.497 e. The van der Waals surface area contributed by atoms with Crippen LogP contribution in [0, 0.1) is 0 Å². The predicted octanol–water partition coefficient (Wildman–Crippen LogP) is 4.14. The third-order valence-electron chi connectivity index (χ3n) is 3.35. The van der Waals surface area contributed by atoms with Gasteiger partial charge in [-0.2, -0.15) is 0 Å². The molecule has 0 heterocycles. The van der Waals surface area contributed by atoms with Gasteiger partial charge in [-0.05, 0) is 30.5 Å². The quantitative estimate of drug-likeness (QED) is 0.549. The highest BCUT2D eigenvalue weighted by molar-refractivity contribution is 5.91. The van der Waals surface area contributed by atoms with E-state index in [4.69, 9.17) is 14.6 Å². The number of hydrogen-bond acceptors (Lipinski definition) is 3. The molecular formula is C17H24O4. The number of rotatable bonds is 9. The minimum absolute atomic E-state index is 0.636. The number of unbranched alkanes of at least 4 members (excludes halogenated alkanes) is 3. The Hall–Kier alpha value is -1.97. The van der Waals surface area contributed by atoms with Crippen molar-refractivity contribution in [1.29, 1.82) is 0 Å². The van der Waals surface area contributed by atoms with Gasteiger partial charge in [-0.25, -0.2) is 4.79 Å². The first kappa shape index (κ1) is 17.1. The maximum atomic E-state index is 11.1. The molecule has 0 saturated carbocycles. The molecule has 0 aliphatic heterocycles. The third kappa shape index (κ3) is 5.50. The molecule has 21 heavy (non-hydrogen) atoms.